The lowest BCUT2D eigenvalue weighted by Crippen LogP contribution is -2.50. The van der Waals surface area contributed by atoms with Crippen molar-refractivity contribution in [2.75, 3.05) is 51.2 Å². The molecule has 0 radical (unpaired) electrons. The van der Waals surface area contributed by atoms with E-state index < -0.39 is 0 Å². The molecular formula is C18H31N7O. The topological polar surface area (TPSA) is 85.8 Å². The Morgan fingerprint density at radius 3 is 2.46 bits per heavy atom. The highest BCUT2D eigenvalue weighted by molar-refractivity contribution is 5.81. The zero-order valence-electron chi connectivity index (χ0n) is 15.9. The molecule has 2 heterocycles. The first-order valence-corrected chi connectivity index (χ1v) is 9.49. The highest BCUT2D eigenvalue weighted by Gasteiger charge is 2.22. The van der Waals surface area contributed by atoms with Gasteiger partial charge < -0.3 is 20.4 Å². The molecular weight excluding hydrogens is 330 g/mol. The van der Waals surface area contributed by atoms with Gasteiger partial charge in [0.05, 0.1) is 0 Å². The van der Waals surface area contributed by atoms with Crippen molar-refractivity contribution in [2.45, 2.75) is 32.6 Å². The van der Waals surface area contributed by atoms with Gasteiger partial charge in [-0.25, -0.2) is 9.97 Å². The molecule has 1 aliphatic heterocycles. The van der Waals surface area contributed by atoms with Crippen LogP contribution in [0.15, 0.2) is 23.5 Å². The first-order chi connectivity index (χ1) is 12.7. The Hall–Kier alpha value is -2.38. The van der Waals surface area contributed by atoms with Crippen molar-refractivity contribution < 1.29 is 4.79 Å². The van der Waals surface area contributed by atoms with E-state index in [2.05, 4.69) is 37.4 Å². The normalized spacial score (nSPS) is 15.1. The van der Waals surface area contributed by atoms with Gasteiger partial charge >= 0.3 is 0 Å². The zero-order valence-corrected chi connectivity index (χ0v) is 15.9. The largest absolute Gasteiger partial charge is 0.356 e. The molecule has 0 saturated carbocycles. The van der Waals surface area contributed by atoms with Crippen LogP contribution in [-0.2, 0) is 4.79 Å². The van der Waals surface area contributed by atoms with Gasteiger partial charge in [-0.15, -0.1) is 0 Å². The summed E-state index contributed by atoms with van der Waals surface area (Å²) >= 11 is 0. The number of aliphatic imine (C=N–C) groups is 1. The average Bonchev–Trinajstić information content (AvgIpc) is 2.70. The van der Waals surface area contributed by atoms with Crippen LogP contribution in [0.4, 0.5) is 5.95 Å². The Kier molecular flexibility index (Phi) is 8.65. The van der Waals surface area contributed by atoms with Gasteiger partial charge in [0.1, 0.15) is 0 Å². The van der Waals surface area contributed by atoms with E-state index in [0.29, 0.717) is 26.1 Å². The number of amides is 1. The molecule has 1 aliphatic rings. The van der Waals surface area contributed by atoms with Gasteiger partial charge in [-0.3, -0.25) is 9.79 Å². The maximum absolute atomic E-state index is 12.4. The Labute approximate surface area is 156 Å². The Morgan fingerprint density at radius 1 is 1.12 bits per heavy atom. The molecule has 2 N–H and O–H groups in total. The Morgan fingerprint density at radius 2 is 1.81 bits per heavy atom. The predicted octanol–water partition coefficient (Wildman–Crippen LogP) is 0.871. The van der Waals surface area contributed by atoms with Gasteiger partial charge in [-0.2, -0.15) is 0 Å². The molecule has 1 amide bonds. The number of carbonyl (C=O) groups excluding carboxylic acids is 1. The van der Waals surface area contributed by atoms with Gasteiger partial charge in [-0.1, -0.05) is 19.8 Å². The average molecular weight is 361 g/mol. The number of nitrogens with one attached hydrogen (secondary N) is 2. The molecule has 0 spiro atoms. The van der Waals surface area contributed by atoms with Crippen LogP contribution in [0.3, 0.4) is 0 Å². The van der Waals surface area contributed by atoms with Crippen molar-refractivity contribution in [3.05, 3.63) is 18.5 Å². The van der Waals surface area contributed by atoms with Crippen LogP contribution in [0.2, 0.25) is 0 Å². The summed E-state index contributed by atoms with van der Waals surface area (Å²) in [5.74, 6) is 1.67. The minimum atomic E-state index is 0.174. The van der Waals surface area contributed by atoms with Gasteiger partial charge in [-0.05, 0) is 12.5 Å². The maximum atomic E-state index is 12.4. The van der Waals surface area contributed by atoms with E-state index in [0.717, 1.165) is 38.0 Å². The third-order valence-corrected chi connectivity index (χ3v) is 4.40. The highest BCUT2D eigenvalue weighted by atomic mass is 16.2. The number of aromatic nitrogens is 2. The predicted molar refractivity (Wildman–Crippen MR) is 104 cm³/mol. The van der Waals surface area contributed by atoms with E-state index in [9.17, 15) is 4.79 Å². The van der Waals surface area contributed by atoms with E-state index >= 15 is 0 Å². The van der Waals surface area contributed by atoms with Crippen LogP contribution >= 0.6 is 0 Å². The minimum absolute atomic E-state index is 0.174. The van der Waals surface area contributed by atoms with Gasteiger partial charge in [0.15, 0.2) is 5.96 Å². The highest BCUT2D eigenvalue weighted by Crippen LogP contribution is 2.10. The number of hydrogen-bond acceptors (Lipinski definition) is 5. The zero-order chi connectivity index (χ0) is 18.6. The summed E-state index contributed by atoms with van der Waals surface area (Å²) in [4.78, 5) is 29.1. The molecule has 0 atom stereocenters. The summed E-state index contributed by atoms with van der Waals surface area (Å²) in [6, 6.07) is 1.81. The Bertz CT molecular complexity index is 556. The van der Waals surface area contributed by atoms with E-state index in [1.165, 1.54) is 12.8 Å². The van der Waals surface area contributed by atoms with Crippen molar-refractivity contribution in [1.29, 1.82) is 0 Å². The standard InChI is InChI=1S/C18H31N7O/c1-3-4-5-8-20-17(19-2)21-11-7-16(26)24-12-14-25(15-13-24)18-22-9-6-10-23-18/h6,9-10H,3-5,7-8,11-15H2,1-2H3,(H2,19,20,21). The van der Waals surface area contributed by atoms with Crippen LogP contribution < -0.4 is 15.5 Å². The summed E-state index contributed by atoms with van der Waals surface area (Å²) in [7, 11) is 1.75. The molecule has 2 rings (SSSR count). The van der Waals surface area contributed by atoms with Crippen LogP contribution in [-0.4, -0.2) is 73.1 Å². The fraction of sp³-hybridized carbons (Fsp3) is 0.667. The fourth-order valence-corrected chi connectivity index (χ4v) is 2.86. The first kappa shape index (κ1) is 19.9. The molecule has 0 unspecified atom stereocenters. The fourth-order valence-electron chi connectivity index (χ4n) is 2.86. The van der Waals surface area contributed by atoms with Gasteiger partial charge in [0.25, 0.3) is 0 Å². The van der Waals surface area contributed by atoms with Crippen molar-refractivity contribution in [1.82, 2.24) is 25.5 Å². The number of anilines is 1. The van der Waals surface area contributed by atoms with Crippen LogP contribution in [0, 0.1) is 0 Å². The minimum Gasteiger partial charge on any atom is -0.356 e. The summed E-state index contributed by atoms with van der Waals surface area (Å²) in [5, 5.41) is 6.49. The lowest BCUT2D eigenvalue weighted by molar-refractivity contribution is -0.131. The van der Waals surface area contributed by atoms with Gasteiger partial charge in [0.2, 0.25) is 11.9 Å². The number of piperazine rings is 1. The van der Waals surface area contributed by atoms with E-state index in [4.69, 9.17) is 0 Å². The third kappa shape index (κ3) is 6.50. The van der Waals surface area contributed by atoms with Crippen molar-refractivity contribution in [3.63, 3.8) is 0 Å². The van der Waals surface area contributed by atoms with Crippen molar-refractivity contribution in [2.24, 2.45) is 4.99 Å². The summed E-state index contributed by atoms with van der Waals surface area (Å²) in [6.45, 7) is 6.64. The summed E-state index contributed by atoms with van der Waals surface area (Å²) in [6.07, 6.45) is 7.50. The first-order valence-electron chi connectivity index (χ1n) is 9.49. The third-order valence-electron chi connectivity index (χ3n) is 4.40. The van der Waals surface area contributed by atoms with Crippen molar-refractivity contribution in [3.8, 4) is 0 Å². The van der Waals surface area contributed by atoms with Gasteiger partial charge in [0, 0.05) is 65.1 Å². The van der Waals surface area contributed by atoms with Crippen LogP contribution in [0.1, 0.15) is 32.6 Å². The van der Waals surface area contributed by atoms with E-state index in [-0.39, 0.29) is 5.91 Å². The lowest BCUT2D eigenvalue weighted by Gasteiger charge is -2.34. The smallest absolute Gasteiger partial charge is 0.225 e. The maximum Gasteiger partial charge on any atom is 0.225 e. The summed E-state index contributed by atoms with van der Waals surface area (Å²) < 4.78 is 0. The molecule has 1 aromatic heterocycles. The number of nitrogens with zero attached hydrogens (tertiary/aromatic N) is 5. The number of hydrogen-bond donors (Lipinski definition) is 2. The molecule has 0 bridgehead atoms. The van der Waals surface area contributed by atoms with E-state index in [1.54, 1.807) is 19.4 Å². The summed E-state index contributed by atoms with van der Waals surface area (Å²) in [5.41, 5.74) is 0. The number of rotatable bonds is 8. The molecule has 8 nitrogen and oxygen atoms in total. The second kappa shape index (κ2) is 11.3. The molecule has 1 fully saturated rings. The lowest BCUT2D eigenvalue weighted by atomic mass is 10.2. The Balaban J connectivity index is 1.64. The quantitative estimate of drug-likeness (QED) is 0.406. The second-order valence-electron chi connectivity index (χ2n) is 6.30. The monoisotopic (exact) mass is 361 g/mol. The number of guanidine groups is 1. The molecule has 8 heteroatoms. The molecule has 144 valence electrons. The molecule has 26 heavy (non-hydrogen) atoms. The molecule has 0 aromatic carbocycles. The van der Waals surface area contributed by atoms with Crippen LogP contribution in [0.5, 0.6) is 0 Å². The SMILES string of the molecule is CCCCCNC(=NC)NCCC(=O)N1CCN(c2ncccn2)CC1. The van der Waals surface area contributed by atoms with Crippen molar-refractivity contribution >= 4 is 17.8 Å². The van der Waals surface area contributed by atoms with Crippen LogP contribution in [0.25, 0.3) is 0 Å². The second-order valence-corrected chi connectivity index (χ2v) is 6.30. The molecule has 1 aromatic rings. The number of carbonyl (C=O) groups is 1. The molecule has 1 saturated heterocycles. The van der Waals surface area contributed by atoms with E-state index in [1.807, 2.05) is 11.0 Å². The number of unbranched alkanes of at least 4 members (excludes halogenated alkanes) is 2. The molecule has 0 aliphatic carbocycles.